The van der Waals surface area contributed by atoms with Crippen LogP contribution in [0.4, 0.5) is 0 Å². The molecule has 0 fully saturated rings. The zero-order valence-corrected chi connectivity index (χ0v) is 11.4. The number of benzene rings is 1. The molecule has 0 aromatic heterocycles. The molecule has 4 nitrogen and oxygen atoms in total. The number of primary amides is 1. The Bertz CT molecular complexity index is 403. The Morgan fingerprint density at radius 2 is 2.06 bits per heavy atom. The number of amides is 1. The third-order valence-electron chi connectivity index (χ3n) is 2.90. The molecule has 0 saturated heterocycles. The van der Waals surface area contributed by atoms with E-state index in [9.17, 15) is 4.79 Å². The second-order valence-corrected chi connectivity index (χ2v) is 4.61. The summed E-state index contributed by atoms with van der Waals surface area (Å²) in [5.74, 6) is 0.354. The van der Waals surface area contributed by atoms with Gasteiger partial charge in [-0.3, -0.25) is 4.79 Å². The number of nitrogens with two attached hydrogens (primary N) is 1. The Morgan fingerprint density at radius 1 is 1.33 bits per heavy atom. The third kappa shape index (κ3) is 4.04. The minimum absolute atomic E-state index is 0.392. The molecule has 1 amide bonds. The van der Waals surface area contributed by atoms with Crippen molar-refractivity contribution in [1.29, 1.82) is 0 Å². The first kappa shape index (κ1) is 14.5. The van der Waals surface area contributed by atoms with Gasteiger partial charge in [0.1, 0.15) is 5.75 Å². The molecule has 0 radical (unpaired) electrons. The molecule has 2 N–H and O–H groups in total. The van der Waals surface area contributed by atoms with E-state index < -0.39 is 5.91 Å². The molecule has 0 saturated carbocycles. The van der Waals surface area contributed by atoms with Gasteiger partial charge in [0, 0.05) is 11.1 Å². The lowest BCUT2D eigenvalue weighted by atomic mass is 10.00. The number of carbonyl (C=O) groups excluding carboxylic acids is 1. The Balaban J connectivity index is 2.75. The predicted octanol–water partition coefficient (Wildman–Crippen LogP) is 1.68. The van der Waals surface area contributed by atoms with Gasteiger partial charge in [-0.2, -0.15) is 0 Å². The molecule has 0 spiro atoms. The van der Waals surface area contributed by atoms with E-state index in [0.717, 1.165) is 37.1 Å². The predicted molar refractivity (Wildman–Crippen MR) is 73.0 cm³/mol. The molecule has 4 heteroatoms. The summed E-state index contributed by atoms with van der Waals surface area (Å²) in [6, 6.07) is 5.42. The van der Waals surface area contributed by atoms with Gasteiger partial charge >= 0.3 is 0 Å². The summed E-state index contributed by atoms with van der Waals surface area (Å²) >= 11 is 0. The molecule has 0 heterocycles. The molecule has 100 valence electrons. The highest BCUT2D eigenvalue weighted by Gasteiger charge is 2.12. The van der Waals surface area contributed by atoms with Crippen LogP contribution in [0, 0.1) is 0 Å². The van der Waals surface area contributed by atoms with Crippen molar-refractivity contribution >= 4 is 5.91 Å². The summed E-state index contributed by atoms with van der Waals surface area (Å²) in [4.78, 5) is 13.5. The van der Waals surface area contributed by atoms with E-state index in [1.54, 1.807) is 19.2 Å². The summed E-state index contributed by atoms with van der Waals surface area (Å²) in [5.41, 5.74) is 6.88. The van der Waals surface area contributed by atoms with Crippen LogP contribution in [0.2, 0.25) is 0 Å². The highest BCUT2D eigenvalue weighted by Crippen LogP contribution is 2.24. The van der Waals surface area contributed by atoms with Gasteiger partial charge in [-0.25, -0.2) is 0 Å². The van der Waals surface area contributed by atoms with Crippen LogP contribution in [0.15, 0.2) is 18.2 Å². The normalized spacial score (nSPS) is 10.7. The van der Waals surface area contributed by atoms with Gasteiger partial charge in [0.25, 0.3) is 0 Å². The molecule has 1 aromatic carbocycles. The van der Waals surface area contributed by atoms with Gasteiger partial charge in [0.2, 0.25) is 5.91 Å². The average molecular weight is 250 g/mol. The maximum atomic E-state index is 11.4. The molecule has 0 aliphatic rings. The zero-order valence-electron chi connectivity index (χ0n) is 11.4. The molecular formula is C14H22N2O2. The lowest BCUT2D eigenvalue weighted by Crippen LogP contribution is -2.15. The minimum Gasteiger partial charge on any atom is -0.496 e. The number of hydrogen-bond acceptors (Lipinski definition) is 3. The number of methoxy groups -OCH3 is 1. The fourth-order valence-corrected chi connectivity index (χ4v) is 1.98. The number of carbonyl (C=O) groups is 1. The van der Waals surface area contributed by atoms with Gasteiger partial charge in [-0.15, -0.1) is 0 Å². The van der Waals surface area contributed by atoms with Gasteiger partial charge in [-0.1, -0.05) is 6.07 Å². The zero-order chi connectivity index (χ0) is 13.5. The van der Waals surface area contributed by atoms with Crippen LogP contribution in [0.1, 0.15) is 28.8 Å². The SMILES string of the molecule is COc1cccc(C(N)=O)c1CCCCN(C)C. The van der Waals surface area contributed by atoms with E-state index in [0.29, 0.717) is 5.56 Å². The van der Waals surface area contributed by atoms with Crippen molar-refractivity contribution in [2.24, 2.45) is 5.73 Å². The Morgan fingerprint density at radius 3 is 2.61 bits per heavy atom. The van der Waals surface area contributed by atoms with Gasteiger partial charge in [0.05, 0.1) is 7.11 Å². The van der Waals surface area contributed by atoms with E-state index in [4.69, 9.17) is 10.5 Å². The van der Waals surface area contributed by atoms with Crippen LogP contribution in [-0.2, 0) is 6.42 Å². The van der Waals surface area contributed by atoms with Crippen LogP contribution in [-0.4, -0.2) is 38.6 Å². The minimum atomic E-state index is -0.392. The summed E-state index contributed by atoms with van der Waals surface area (Å²) < 4.78 is 5.30. The summed E-state index contributed by atoms with van der Waals surface area (Å²) in [6.07, 6.45) is 2.91. The lowest BCUT2D eigenvalue weighted by Gasteiger charge is -2.13. The van der Waals surface area contributed by atoms with Crippen LogP contribution in [0.25, 0.3) is 0 Å². The number of ether oxygens (including phenoxy) is 1. The second-order valence-electron chi connectivity index (χ2n) is 4.61. The quantitative estimate of drug-likeness (QED) is 0.749. The molecule has 0 bridgehead atoms. The number of rotatable bonds is 7. The van der Waals surface area contributed by atoms with Gasteiger partial charge < -0.3 is 15.4 Å². The van der Waals surface area contributed by atoms with Crippen molar-refractivity contribution in [3.8, 4) is 5.75 Å². The molecule has 1 aromatic rings. The standard InChI is InChI=1S/C14H22N2O2/c1-16(2)10-5-4-7-11-12(14(15)17)8-6-9-13(11)18-3/h6,8-9H,4-5,7,10H2,1-3H3,(H2,15,17). The van der Waals surface area contributed by atoms with Crippen LogP contribution in [0.3, 0.4) is 0 Å². The summed E-state index contributed by atoms with van der Waals surface area (Å²) in [6.45, 7) is 1.04. The molecule has 0 aliphatic heterocycles. The summed E-state index contributed by atoms with van der Waals surface area (Å²) in [7, 11) is 5.72. The monoisotopic (exact) mass is 250 g/mol. The van der Waals surface area contributed by atoms with E-state index in [-0.39, 0.29) is 0 Å². The highest BCUT2D eigenvalue weighted by molar-refractivity contribution is 5.95. The number of hydrogen-bond donors (Lipinski definition) is 1. The Kier molecular flexibility index (Phi) is 5.65. The van der Waals surface area contributed by atoms with Crippen molar-refractivity contribution in [3.63, 3.8) is 0 Å². The lowest BCUT2D eigenvalue weighted by molar-refractivity contribution is 0.0999. The smallest absolute Gasteiger partial charge is 0.249 e. The van der Waals surface area contributed by atoms with E-state index in [2.05, 4.69) is 19.0 Å². The fourth-order valence-electron chi connectivity index (χ4n) is 1.98. The first-order valence-electron chi connectivity index (χ1n) is 6.16. The third-order valence-corrected chi connectivity index (χ3v) is 2.90. The first-order chi connectivity index (χ1) is 8.56. The van der Waals surface area contributed by atoms with Crippen LogP contribution in [0.5, 0.6) is 5.75 Å². The number of unbranched alkanes of at least 4 members (excludes halogenated alkanes) is 1. The van der Waals surface area contributed by atoms with Crippen molar-refractivity contribution in [1.82, 2.24) is 4.90 Å². The molecular weight excluding hydrogens is 228 g/mol. The van der Waals surface area contributed by atoms with Gasteiger partial charge in [-0.05, 0) is 52.0 Å². The Hall–Kier alpha value is -1.55. The van der Waals surface area contributed by atoms with Crippen molar-refractivity contribution in [2.75, 3.05) is 27.7 Å². The van der Waals surface area contributed by atoms with Crippen molar-refractivity contribution < 1.29 is 9.53 Å². The fraction of sp³-hybridized carbons (Fsp3) is 0.500. The van der Waals surface area contributed by atoms with Crippen molar-refractivity contribution in [2.45, 2.75) is 19.3 Å². The molecule has 0 atom stereocenters. The number of nitrogens with zero attached hydrogens (tertiary/aromatic N) is 1. The Labute approximate surface area is 109 Å². The topological polar surface area (TPSA) is 55.6 Å². The molecule has 0 aliphatic carbocycles. The maximum Gasteiger partial charge on any atom is 0.249 e. The largest absolute Gasteiger partial charge is 0.496 e. The molecule has 18 heavy (non-hydrogen) atoms. The molecule has 0 unspecified atom stereocenters. The van der Waals surface area contributed by atoms with Crippen molar-refractivity contribution in [3.05, 3.63) is 29.3 Å². The summed E-state index contributed by atoms with van der Waals surface area (Å²) in [5, 5.41) is 0. The van der Waals surface area contributed by atoms with Crippen LogP contribution >= 0.6 is 0 Å². The van der Waals surface area contributed by atoms with E-state index in [1.807, 2.05) is 6.07 Å². The average Bonchev–Trinajstić information content (AvgIpc) is 2.33. The van der Waals surface area contributed by atoms with E-state index in [1.165, 1.54) is 0 Å². The maximum absolute atomic E-state index is 11.4. The van der Waals surface area contributed by atoms with E-state index >= 15 is 0 Å². The second kappa shape index (κ2) is 7.01. The van der Waals surface area contributed by atoms with Gasteiger partial charge in [0.15, 0.2) is 0 Å². The van der Waals surface area contributed by atoms with Crippen LogP contribution < -0.4 is 10.5 Å². The highest BCUT2D eigenvalue weighted by atomic mass is 16.5. The molecule has 1 rings (SSSR count). The first-order valence-corrected chi connectivity index (χ1v) is 6.16.